The molecule has 0 saturated heterocycles. The molecule has 0 unspecified atom stereocenters. The monoisotopic (exact) mass is 235 g/mol. The molecule has 18 heavy (non-hydrogen) atoms. The summed E-state index contributed by atoms with van der Waals surface area (Å²) in [6.07, 6.45) is 5.67. The summed E-state index contributed by atoms with van der Waals surface area (Å²) in [6.45, 7) is 6.67. The van der Waals surface area contributed by atoms with E-state index >= 15 is 0 Å². The van der Waals surface area contributed by atoms with E-state index in [0.717, 1.165) is 6.42 Å². The van der Waals surface area contributed by atoms with Gasteiger partial charge in [-0.15, -0.1) is 0 Å². The molecule has 2 aromatic rings. The van der Waals surface area contributed by atoms with E-state index in [1.54, 1.807) is 0 Å². The van der Waals surface area contributed by atoms with Crippen LogP contribution >= 0.6 is 0 Å². The van der Waals surface area contributed by atoms with Crippen LogP contribution < -0.4 is 0 Å². The fraction of sp³-hybridized carbons (Fsp3) is 0.278. The third-order valence-electron chi connectivity index (χ3n) is 3.87. The second-order valence-corrected chi connectivity index (χ2v) is 5.57. The average Bonchev–Trinajstić information content (AvgIpc) is 2.37. The van der Waals surface area contributed by atoms with Gasteiger partial charge in [0.25, 0.3) is 0 Å². The first-order valence-electron chi connectivity index (χ1n) is 6.72. The Kier molecular flexibility index (Phi) is 2.74. The van der Waals surface area contributed by atoms with E-state index in [-0.39, 0.29) is 0 Å². The summed E-state index contributed by atoms with van der Waals surface area (Å²) < 4.78 is 0. The highest BCUT2D eigenvalue weighted by atomic mass is 14.2. The highest BCUT2D eigenvalue weighted by Crippen LogP contribution is 2.31. The molecule has 2 aromatic carbocycles. The van der Waals surface area contributed by atoms with Crippen molar-refractivity contribution in [1.82, 2.24) is 0 Å². The van der Waals surface area contributed by atoms with Crippen molar-refractivity contribution in [2.75, 3.05) is 0 Å². The van der Waals surface area contributed by atoms with Crippen LogP contribution in [-0.2, 0) is 6.42 Å². The molecule has 0 aromatic heterocycles. The summed E-state index contributed by atoms with van der Waals surface area (Å²) >= 11 is 0. The van der Waals surface area contributed by atoms with Crippen molar-refractivity contribution >= 4 is 10.8 Å². The second kappa shape index (κ2) is 4.28. The maximum atomic E-state index is 2.34. The lowest BCUT2D eigenvalue weighted by Crippen LogP contribution is -2.00. The van der Waals surface area contributed by atoms with Gasteiger partial charge in [0, 0.05) is 6.42 Å². The molecular weight excluding hydrogens is 216 g/mol. The van der Waals surface area contributed by atoms with Crippen LogP contribution in [0.3, 0.4) is 0 Å². The molecule has 1 aliphatic rings. The minimum atomic E-state index is 0.596. The van der Waals surface area contributed by atoms with Gasteiger partial charge in [0.05, 0.1) is 0 Å². The third-order valence-corrected chi connectivity index (χ3v) is 3.87. The number of hydrogen-bond acceptors (Lipinski definition) is 0. The molecule has 0 nitrogen and oxygen atoms in total. The van der Waals surface area contributed by atoms with E-state index in [1.807, 2.05) is 0 Å². The summed E-state index contributed by atoms with van der Waals surface area (Å²) in [5.41, 5.74) is 5.67. The standard InChI is InChI=1S/C18H19/c1-12(2)14-7-9-18-16(11-14)6-5-15-10-13(3)4-8-17(15)18/h4-7,9-12H,8H2,1-3H3. The maximum absolute atomic E-state index is 2.34. The largest absolute Gasteiger partial charge is 0.0805 e. The van der Waals surface area contributed by atoms with E-state index in [2.05, 4.69) is 63.6 Å². The van der Waals surface area contributed by atoms with Crippen LogP contribution in [0.5, 0.6) is 0 Å². The zero-order chi connectivity index (χ0) is 12.7. The molecule has 0 heteroatoms. The SMILES string of the molecule is CC1=CCc2c(ccc3cc(C(C)C)ccc23)[CH]1. The summed E-state index contributed by atoms with van der Waals surface area (Å²) in [4.78, 5) is 0. The van der Waals surface area contributed by atoms with Gasteiger partial charge in [-0.3, -0.25) is 0 Å². The van der Waals surface area contributed by atoms with Crippen LogP contribution in [-0.4, -0.2) is 0 Å². The first kappa shape index (κ1) is 11.5. The average molecular weight is 235 g/mol. The predicted molar refractivity (Wildman–Crippen MR) is 78.9 cm³/mol. The van der Waals surface area contributed by atoms with Crippen LogP contribution in [0.1, 0.15) is 43.4 Å². The molecule has 1 radical (unpaired) electrons. The Hall–Kier alpha value is -1.56. The molecule has 0 amide bonds. The fourth-order valence-corrected chi connectivity index (χ4v) is 2.72. The fourth-order valence-electron chi connectivity index (χ4n) is 2.72. The van der Waals surface area contributed by atoms with Gasteiger partial charge in [0.2, 0.25) is 0 Å². The maximum Gasteiger partial charge on any atom is 0.0155 e. The van der Waals surface area contributed by atoms with E-state index in [4.69, 9.17) is 0 Å². The van der Waals surface area contributed by atoms with Gasteiger partial charge >= 0.3 is 0 Å². The van der Waals surface area contributed by atoms with Crippen molar-refractivity contribution in [3.63, 3.8) is 0 Å². The molecule has 0 fully saturated rings. The lowest BCUT2D eigenvalue weighted by molar-refractivity contribution is 0.868. The molecule has 0 bridgehead atoms. The van der Waals surface area contributed by atoms with E-state index in [9.17, 15) is 0 Å². The van der Waals surface area contributed by atoms with Gasteiger partial charge in [0.15, 0.2) is 0 Å². The Bertz CT molecular complexity index is 630. The Morgan fingerprint density at radius 1 is 1.06 bits per heavy atom. The molecule has 3 rings (SSSR count). The minimum Gasteiger partial charge on any atom is -0.0805 e. The van der Waals surface area contributed by atoms with Crippen molar-refractivity contribution in [3.8, 4) is 0 Å². The Balaban J connectivity index is 2.18. The molecule has 0 heterocycles. The van der Waals surface area contributed by atoms with Crippen molar-refractivity contribution in [2.45, 2.75) is 33.1 Å². The Morgan fingerprint density at radius 3 is 2.67 bits per heavy atom. The van der Waals surface area contributed by atoms with Gasteiger partial charge in [-0.25, -0.2) is 0 Å². The molecule has 0 atom stereocenters. The van der Waals surface area contributed by atoms with E-state index in [1.165, 1.54) is 33.0 Å². The zero-order valence-electron chi connectivity index (χ0n) is 11.3. The van der Waals surface area contributed by atoms with Gasteiger partial charge < -0.3 is 0 Å². The van der Waals surface area contributed by atoms with Gasteiger partial charge in [-0.1, -0.05) is 55.8 Å². The van der Waals surface area contributed by atoms with Crippen LogP contribution in [0.4, 0.5) is 0 Å². The second-order valence-electron chi connectivity index (χ2n) is 5.57. The summed E-state index contributed by atoms with van der Waals surface area (Å²) in [7, 11) is 0. The van der Waals surface area contributed by atoms with Gasteiger partial charge in [-0.05, 0) is 46.7 Å². The van der Waals surface area contributed by atoms with Crippen LogP contribution in [0.2, 0.25) is 0 Å². The highest BCUT2D eigenvalue weighted by Gasteiger charge is 2.12. The minimum absolute atomic E-state index is 0.596. The number of allylic oxidation sites excluding steroid dienone is 2. The number of fused-ring (bicyclic) bond motifs is 3. The van der Waals surface area contributed by atoms with Crippen LogP contribution in [0.15, 0.2) is 42.0 Å². The lowest BCUT2D eigenvalue weighted by Gasteiger charge is -2.17. The summed E-state index contributed by atoms with van der Waals surface area (Å²) in [5, 5.41) is 2.79. The Labute approximate surface area is 109 Å². The van der Waals surface area contributed by atoms with Crippen molar-refractivity contribution in [1.29, 1.82) is 0 Å². The van der Waals surface area contributed by atoms with Crippen LogP contribution in [0, 0.1) is 6.42 Å². The van der Waals surface area contributed by atoms with Crippen LogP contribution in [0.25, 0.3) is 10.8 Å². The zero-order valence-corrected chi connectivity index (χ0v) is 11.3. The molecule has 0 spiro atoms. The third kappa shape index (κ3) is 1.86. The number of benzene rings is 2. The van der Waals surface area contributed by atoms with Crippen molar-refractivity contribution in [3.05, 3.63) is 65.1 Å². The smallest absolute Gasteiger partial charge is 0.0155 e. The molecular formula is C18H19. The first-order valence-corrected chi connectivity index (χ1v) is 6.72. The van der Waals surface area contributed by atoms with Gasteiger partial charge in [0.1, 0.15) is 0 Å². The molecule has 91 valence electrons. The Morgan fingerprint density at radius 2 is 1.89 bits per heavy atom. The first-order chi connectivity index (χ1) is 8.65. The highest BCUT2D eigenvalue weighted by molar-refractivity contribution is 5.88. The quantitative estimate of drug-likeness (QED) is 0.651. The molecule has 0 N–H and O–H groups in total. The molecule has 0 saturated carbocycles. The summed E-state index contributed by atoms with van der Waals surface area (Å²) in [5.74, 6) is 0.596. The van der Waals surface area contributed by atoms with E-state index < -0.39 is 0 Å². The summed E-state index contributed by atoms with van der Waals surface area (Å²) in [6, 6.07) is 11.4. The molecule has 0 aliphatic heterocycles. The van der Waals surface area contributed by atoms with Crippen molar-refractivity contribution < 1.29 is 0 Å². The predicted octanol–water partition coefficient (Wildman–Crippen LogP) is 5.02. The molecule has 1 aliphatic carbocycles. The topological polar surface area (TPSA) is 0 Å². The van der Waals surface area contributed by atoms with Gasteiger partial charge in [-0.2, -0.15) is 0 Å². The van der Waals surface area contributed by atoms with Crippen molar-refractivity contribution in [2.24, 2.45) is 0 Å². The normalized spacial score (nSPS) is 14.8. The lowest BCUT2D eigenvalue weighted by atomic mass is 9.87. The number of hydrogen-bond donors (Lipinski definition) is 0. The number of rotatable bonds is 1. The van der Waals surface area contributed by atoms with E-state index in [0.29, 0.717) is 5.92 Å².